The van der Waals surface area contributed by atoms with Gasteiger partial charge in [0.25, 0.3) is 0 Å². The molecule has 0 aromatic rings. The molecule has 4 nitrogen and oxygen atoms in total. The molecular formula is C8H15N3O. The Hall–Kier alpha value is -0.770. The van der Waals surface area contributed by atoms with E-state index in [4.69, 9.17) is 5.73 Å². The molecule has 3 N–H and O–H groups in total. The number of rotatable bonds is 1. The molecule has 3 heterocycles. The van der Waals surface area contributed by atoms with Crippen molar-refractivity contribution >= 4 is 6.03 Å². The zero-order valence-electron chi connectivity index (χ0n) is 7.12. The average molecular weight is 169 g/mol. The van der Waals surface area contributed by atoms with Gasteiger partial charge < -0.3 is 16.0 Å². The molecule has 0 spiro atoms. The van der Waals surface area contributed by atoms with E-state index >= 15 is 0 Å². The quantitative estimate of drug-likeness (QED) is 0.568. The van der Waals surface area contributed by atoms with E-state index in [1.807, 2.05) is 0 Å². The third-order valence-electron chi connectivity index (χ3n) is 2.98. The number of piperidine rings is 3. The van der Waals surface area contributed by atoms with E-state index in [1.54, 1.807) is 0 Å². The number of nitrogens with one attached hydrogen (secondary N) is 1. The normalized spacial score (nSPS) is 39.5. The number of hydrogen-bond donors (Lipinski definition) is 2. The van der Waals surface area contributed by atoms with Gasteiger partial charge in [0, 0.05) is 12.6 Å². The molecule has 68 valence electrons. The van der Waals surface area contributed by atoms with E-state index in [-0.39, 0.29) is 6.03 Å². The number of fused-ring (bicyclic) bond motifs is 3. The monoisotopic (exact) mass is 169 g/mol. The molecule has 0 aliphatic carbocycles. The van der Waals surface area contributed by atoms with Crippen molar-refractivity contribution in [2.45, 2.75) is 18.9 Å². The molecule has 3 rings (SSSR count). The lowest BCUT2D eigenvalue weighted by molar-refractivity contribution is 0.0773. The van der Waals surface area contributed by atoms with Crippen LogP contribution in [-0.2, 0) is 0 Å². The van der Waals surface area contributed by atoms with E-state index in [1.165, 1.54) is 25.9 Å². The van der Waals surface area contributed by atoms with E-state index < -0.39 is 0 Å². The van der Waals surface area contributed by atoms with Crippen molar-refractivity contribution in [1.82, 2.24) is 10.2 Å². The number of primary amides is 1. The Morgan fingerprint density at radius 3 is 2.50 bits per heavy atom. The molecule has 3 aliphatic rings. The van der Waals surface area contributed by atoms with Gasteiger partial charge in [-0.1, -0.05) is 0 Å². The number of urea groups is 1. The lowest BCUT2D eigenvalue weighted by Gasteiger charge is -2.44. The van der Waals surface area contributed by atoms with Crippen LogP contribution in [-0.4, -0.2) is 36.6 Å². The van der Waals surface area contributed by atoms with Crippen LogP contribution in [0.15, 0.2) is 0 Å². The van der Waals surface area contributed by atoms with Gasteiger partial charge in [0.15, 0.2) is 0 Å². The van der Waals surface area contributed by atoms with E-state index in [0.29, 0.717) is 12.0 Å². The van der Waals surface area contributed by atoms with Crippen LogP contribution in [0.3, 0.4) is 0 Å². The highest BCUT2D eigenvalue weighted by molar-refractivity contribution is 5.72. The van der Waals surface area contributed by atoms with E-state index in [2.05, 4.69) is 10.2 Å². The van der Waals surface area contributed by atoms with Gasteiger partial charge in [-0.25, -0.2) is 4.79 Å². The highest BCUT2D eigenvalue weighted by atomic mass is 16.2. The average Bonchev–Trinajstić information content (AvgIpc) is 2.05. The third kappa shape index (κ3) is 1.39. The summed E-state index contributed by atoms with van der Waals surface area (Å²) in [6.07, 6.45) is 2.43. The topological polar surface area (TPSA) is 58.4 Å². The molecule has 1 atom stereocenters. The van der Waals surface area contributed by atoms with Crippen molar-refractivity contribution in [3.05, 3.63) is 0 Å². The molecule has 2 amide bonds. The molecule has 0 aromatic heterocycles. The molecule has 4 heteroatoms. The van der Waals surface area contributed by atoms with E-state index in [0.717, 1.165) is 6.54 Å². The first-order valence-corrected chi connectivity index (χ1v) is 4.54. The highest BCUT2D eigenvalue weighted by Gasteiger charge is 2.34. The minimum Gasteiger partial charge on any atom is -0.352 e. The number of carbonyl (C=O) groups is 1. The van der Waals surface area contributed by atoms with Crippen LogP contribution in [0.4, 0.5) is 4.79 Å². The molecular weight excluding hydrogens is 154 g/mol. The van der Waals surface area contributed by atoms with Crippen LogP contribution < -0.4 is 11.1 Å². The number of carbonyl (C=O) groups excluding carboxylic acids is 1. The molecule has 3 aliphatic heterocycles. The fourth-order valence-electron chi connectivity index (χ4n) is 2.31. The first-order valence-electron chi connectivity index (χ1n) is 4.54. The molecule has 3 fully saturated rings. The minimum absolute atomic E-state index is 0.310. The summed E-state index contributed by atoms with van der Waals surface area (Å²) in [5.74, 6) is 0.669. The van der Waals surface area contributed by atoms with Crippen molar-refractivity contribution < 1.29 is 4.79 Å². The fourth-order valence-corrected chi connectivity index (χ4v) is 2.31. The molecule has 0 aromatic carbocycles. The molecule has 0 saturated carbocycles. The van der Waals surface area contributed by atoms with Gasteiger partial charge in [-0.05, 0) is 31.8 Å². The van der Waals surface area contributed by atoms with Gasteiger partial charge in [0.05, 0.1) is 0 Å². The van der Waals surface area contributed by atoms with Crippen molar-refractivity contribution in [2.75, 3.05) is 19.6 Å². The standard InChI is InChI=1S/C8H15N3O/c9-8(12)10-7-5-11-3-1-6(7)2-4-11/h6-7H,1-5H2,(H3,9,10,12)/t7-/m1/s1. The summed E-state index contributed by atoms with van der Waals surface area (Å²) in [6.45, 7) is 3.39. The van der Waals surface area contributed by atoms with Crippen molar-refractivity contribution in [3.63, 3.8) is 0 Å². The summed E-state index contributed by atoms with van der Waals surface area (Å²) in [5, 5.41) is 2.81. The second-order valence-corrected chi connectivity index (χ2v) is 3.75. The summed E-state index contributed by atoms with van der Waals surface area (Å²) >= 11 is 0. The summed E-state index contributed by atoms with van der Waals surface area (Å²) in [4.78, 5) is 13.0. The fraction of sp³-hybridized carbons (Fsp3) is 0.875. The summed E-state index contributed by atoms with van der Waals surface area (Å²) in [6, 6.07) is -0.0706. The first-order chi connectivity index (χ1) is 5.75. The lowest BCUT2D eigenvalue weighted by Crippen LogP contribution is -2.58. The van der Waals surface area contributed by atoms with Crippen LogP contribution in [0.5, 0.6) is 0 Å². The second kappa shape index (κ2) is 2.94. The summed E-state index contributed by atoms with van der Waals surface area (Å²) in [5.41, 5.74) is 5.09. The third-order valence-corrected chi connectivity index (χ3v) is 2.98. The minimum atomic E-state index is -0.381. The van der Waals surface area contributed by atoms with Crippen LogP contribution in [0.2, 0.25) is 0 Å². The Morgan fingerprint density at radius 1 is 1.42 bits per heavy atom. The number of hydrogen-bond acceptors (Lipinski definition) is 2. The Balaban J connectivity index is 1.95. The predicted molar refractivity (Wildman–Crippen MR) is 45.7 cm³/mol. The zero-order chi connectivity index (χ0) is 8.55. The molecule has 0 unspecified atom stereocenters. The van der Waals surface area contributed by atoms with Gasteiger partial charge in [-0.15, -0.1) is 0 Å². The van der Waals surface area contributed by atoms with Crippen LogP contribution in [0, 0.1) is 5.92 Å². The number of nitrogens with zero attached hydrogens (tertiary/aromatic N) is 1. The number of amides is 2. The highest BCUT2D eigenvalue weighted by Crippen LogP contribution is 2.27. The molecule has 0 radical (unpaired) electrons. The second-order valence-electron chi connectivity index (χ2n) is 3.75. The maximum absolute atomic E-state index is 10.6. The smallest absolute Gasteiger partial charge is 0.312 e. The van der Waals surface area contributed by atoms with Crippen LogP contribution in [0.1, 0.15) is 12.8 Å². The van der Waals surface area contributed by atoms with Crippen molar-refractivity contribution in [1.29, 1.82) is 0 Å². The van der Waals surface area contributed by atoms with Crippen LogP contribution in [0.25, 0.3) is 0 Å². The Kier molecular flexibility index (Phi) is 1.92. The Morgan fingerprint density at radius 2 is 2.08 bits per heavy atom. The SMILES string of the molecule is NC(=O)N[C@@H]1CN2CCC1CC2. The summed E-state index contributed by atoms with van der Waals surface area (Å²) in [7, 11) is 0. The lowest BCUT2D eigenvalue weighted by atomic mass is 9.84. The van der Waals surface area contributed by atoms with Gasteiger partial charge >= 0.3 is 6.03 Å². The van der Waals surface area contributed by atoms with Gasteiger partial charge in [-0.2, -0.15) is 0 Å². The molecule has 2 bridgehead atoms. The molecule has 12 heavy (non-hydrogen) atoms. The summed E-state index contributed by atoms with van der Waals surface area (Å²) < 4.78 is 0. The maximum Gasteiger partial charge on any atom is 0.312 e. The number of nitrogens with two attached hydrogens (primary N) is 1. The van der Waals surface area contributed by atoms with Crippen LogP contribution >= 0.6 is 0 Å². The van der Waals surface area contributed by atoms with Gasteiger partial charge in [0.2, 0.25) is 0 Å². The van der Waals surface area contributed by atoms with Crippen molar-refractivity contribution in [2.24, 2.45) is 11.7 Å². The maximum atomic E-state index is 10.6. The molecule has 3 saturated heterocycles. The van der Waals surface area contributed by atoms with E-state index in [9.17, 15) is 4.79 Å². The first kappa shape index (κ1) is 7.86. The zero-order valence-corrected chi connectivity index (χ0v) is 7.12. The van der Waals surface area contributed by atoms with Gasteiger partial charge in [0.1, 0.15) is 0 Å². The predicted octanol–water partition coefficient (Wildman–Crippen LogP) is -0.251. The Bertz CT molecular complexity index is 187. The largest absolute Gasteiger partial charge is 0.352 e. The van der Waals surface area contributed by atoms with Gasteiger partial charge in [-0.3, -0.25) is 0 Å². The van der Waals surface area contributed by atoms with Crippen molar-refractivity contribution in [3.8, 4) is 0 Å². The Labute approximate surface area is 72.1 Å².